The molecule has 0 spiro atoms. The highest BCUT2D eigenvalue weighted by Crippen LogP contribution is 2.26. The molecule has 0 radical (unpaired) electrons. The molecule has 0 aliphatic rings. The smallest absolute Gasteiger partial charge is 0.224 e. The molecule has 0 N–H and O–H groups in total. The van der Waals surface area contributed by atoms with E-state index in [2.05, 4.69) is 20.9 Å². The first-order valence-electron chi connectivity index (χ1n) is 5.23. The molecule has 0 unspecified atom stereocenters. The predicted molar refractivity (Wildman–Crippen MR) is 68.3 cm³/mol. The predicted octanol–water partition coefficient (Wildman–Crippen LogP) is 3.36. The molecule has 2 rings (SSSR count). The Morgan fingerprint density at radius 1 is 1.32 bits per heavy atom. The average molecular weight is 328 g/mol. The van der Waals surface area contributed by atoms with Gasteiger partial charge in [0.2, 0.25) is 11.7 Å². The van der Waals surface area contributed by atoms with E-state index in [0.29, 0.717) is 0 Å². The number of ether oxygens (including phenoxy) is 1. The van der Waals surface area contributed by atoms with Crippen molar-refractivity contribution >= 4 is 21.7 Å². The fourth-order valence-electron chi connectivity index (χ4n) is 1.60. The number of aromatic nitrogens is 1. The molecule has 1 aromatic carbocycles. The topological polar surface area (TPSA) is 39.2 Å². The van der Waals surface area contributed by atoms with Gasteiger partial charge < -0.3 is 4.74 Å². The number of rotatable bonds is 3. The zero-order valence-electron chi connectivity index (χ0n) is 9.78. The van der Waals surface area contributed by atoms with E-state index in [1.54, 1.807) is 0 Å². The van der Waals surface area contributed by atoms with E-state index in [-0.39, 0.29) is 15.9 Å². The van der Waals surface area contributed by atoms with Crippen LogP contribution in [0, 0.1) is 11.6 Å². The molecule has 1 heterocycles. The highest BCUT2D eigenvalue weighted by Gasteiger charge is 2.23. The van der Waals surface area contributed by atoms with Gasteiger partial charge in [-0.25, -0.2) is 13.8 Å². The van der Waals surface area contributed by atoms with Crippen molar-refractivity contribution in [2.75, 3.05) is 7.11 Å². The van der Waals surface area contributed by atoms with Crippen LogP contribution in [0.3, 0.4) is 0 Å². The summed E-state index contributed by atoms with van der Waals surface area (Å²) in [6.45, 7) is 0. The normalized spacial score (nSPS) is 10.3. The molecule has 0 bridgehead atoms. The lowest BCUT2D eigenvalue weighted by Gasteiger charge is -2.08. The minimum absolute atomic E-state index is 0.000833. The Balaban J connectivity index is 2.60. The van der Waals surface area contributed by atoms with E-state index in [9.17, 15) is 13.6 Å². The second-order valence-corrected chi connectivity index (χ2v) is 4.46. The zero-order chi connectivity index (χ0) is 14.0. The van der Waals surface area contributed by atoms with Crippen LogP contribution in [-0.2, 0) is 0 Å². The molecular formula is C13H8BrF2NO2. The Morgan fingerprint density at radius 2 is 2.05 bits per heavy atom. The molecule has 6 heteroatoms. The van der Waals surface area contributed by atoms with Crippen LogP contribution in [0.15, 0.2) is 34.9 Å². The molecule has 2 aromatic rings. The summed E-state index contributed by atoms with van der Waals surface area (Å²) in [6.07, 6.45) is 1.42. The van der Waals surface area contributed by atoms with E-state index < -0.39 is 23.0 Å². The van der Waals surface area contributed by atoms with Gasteiger partial charge in [0.15, 0.2) is 5.82 Å². The summed E-state index contributed by atoms with van der Waals surface area (Å²) < 4.78 is 32.4. The zero-order valence-corrected chi connectivity index (χ0v) is 11.4. The molecule has 1 aromatic heterocycles. The van der Waals surface area contributed by atoms with Gasteiger partial charge in [-0.1, -0.05) is 0 Å². The third-order valence-corrected chi connectivity index (χ3v) is 3.09. The van der Waals surface area contributed by atoms with Crippen molar-refractivity contribution in [3.63, 3.8) is 0 Å². The van der Waals surface area contributed by atoms with Crippen LogP contribution in [0.4, 0.5) is 8.78 Å². The highest BCUT2D eigenvalue weighted by atomic mass is 79.9. The SMILES string of the molecule is COc1ncccc1C(=O)c1c(F)ccc(Br)c1F. The molecule has 3 nitrogen and oxygen atoms in total. The van der Waals surface area contributed by atoms with E-state index >= 15 is 0 Å². The molecule has 19 heavy (non-hydrogen) atoms. The van der Waals surface area contributed by atoms with Gasteiger partial charge in [0.05, 0.1) is 22.7 Å². The van der Waals surface area contributed by atoms with E-state index in [1.807, 2.05) is 0 Å². The highest BCUT2D eigenvalue weighted by molar-refractivity contribution is 9.10. The maximum Gasteiger partial charge on any atom is 0.224 e. The maximum atomic E-state index is 13.9. The lowest BCUT2D eigenvalue weighted by atomic mass is 10.0. The summed E-state index contributed by atoms with van der Waals surface area (Å²) in [6, 6.07) is 5.10. The quantitative estimate of drug-likeness (QED) is 0.641. The monoisotopic (exact) mass is 327 g/mol. The maximum absolute atomic E-state index is 13.9. The van der Waals surface area contributed by atoms with E-state index in [4.69, 9.17) is 4.74 Å². The number of carbonyl (C=O) groups is 1. The van der Waals surface area contributed by atoms with Crippen molar-refractivity contribution in [1.29, 1.82) is 0 Å². The summed E-state index contributed by atoms with van der Waals surface area (Å²) in [5.41, 5.74) is -0.637. The van der Waals surface area contributed by atoms with Gasteiger partial charge in [-0.15, -0.1) is 0 Å². The first-order valence-corrected chi connectivity index (χ1v) is 6.02. The standard InChI is InChI=1S/C13H8BrF2NO2/c1-19-13-7(3-2-6-17-13)12(18)10-9(15)5-4-8(14)11(10)16/h2-6H,1H3. The number of benzene rings is 1. The molecule has 0 amide bonds. The van der Waals surface area contributed by atoms with Gasteiger partial charge in [-0.3, -0.25) is 4.79 Å². The van der Waals surface area contributed by atoms with Gasteiger partial charge in [0.25, 0.3) is 0 Å². The molecule has 0 aliphatic heterocycles. The first-order chi connectivity index (χ1) is 9.06. The first kappa shape index (κ1) is 13.6. The van der Waals surface area contributed by atoms with Gasteiger partial charge in [-0.05, 0) is 40.2 Å². The van der Waals surface area contributed by atoms with Gasteiger partial charge >= 0.3 is 0 Å². The van der Waals surface area contributed by atoms with Crippen molar-refractivity contribution in [1.82, 2.24) is 4.98 Å². The minimum Gasteiger partial charge on any atom is -0.480 e. The third kappa shape index (κ3) is 2.49. The number of nitrogens with zero attached hydrogens (tertiary/aromatic N) is 1. The van der Waals surface area contributed by atoms with Gasteiger partial charge in [0, 0.05) is 6.20 Å². The summed E-state index contributed by atoms with van der Waals surface area (Å²) in [5, 5.41) is 0. The lowest BCUT2D eigenvalue weighted by Crippen LogP contribution is -2.10. The number of pyridine rings is 1. The van der Waals surface area contributed by atoms with E-state index in [0.717, 1.165) is 6.07 Å². The largest absolute Gasteiger partial charge is 0.480 e. The van der Waals surface area contributed by atoms with Crippen LogP contribution >= 0.6 is 15.9 Å². The minimum atomic E-state index is -0.948. The Labute approximate surface area is 116 Å². The lowest BCUT2D eigenvalue weighted by molar-refractivity contribution is 0.102. The molecule has 0 aliphatic carbocycles. The Kier molecular flexibility index (Phi) is 3.90. The number of carbonyl (C=O) groups excluding carboxylic acids is 1. The Morgan fingerprint density at radius 3 is 2.74 bits per heavy atom. The molecule has 0 saturated heterocycles. The second-order valence-electron chi connectivity index (χ2n) is 3.61. The van der Waals surface area contributed by atoms with Crippen molar-refractivity contribution < 1.29 is 18.3 Å². The summed E-state index contributed by atoms with van der Waals surface area (Å²) in [5.74, 6) is -2.68. The number of methoxy groups -OCH3 is 1. The number of halogens is 3. The van der Waals surface area contributed by atoms with Crippen molar-refractivity contribution in [3.05, 3.63) is 57.7 Å². The van der Waals surface area contributed by atoms with E-state index in [1.165, 1.54) is 31.5 Å². The number of hydrogen-bond acceptors (Lipinski definition) is 3. The van der Waals surface area contributed by atoms with Crippen molar-refractivity contribution in [2.45, 2.75) is 0 Å². The van der Waals surface area contributed by atoms with Gasteiger partial charge in [0.1, 0.15) is 5.82 Å². The van der Waals surface area contributed by atoms with Crippen LogP contribution in [0.2, 0.25) is 0 Å². The Bertz CT molecular complexity index is 647. The molecule has 98 valence electrons. The average Bonchev–Trinajstić information content (AvgIpc) is 2.43. The molecule has 0 fully saturated rings. The third-order valence-electron chi connectivity index (χ3n) is 2.48. The second kappa shape index (κ2) is 5.44. The fraction of sp³-hybridized carbons (Fsp3) is 0.0769. The number of ketones is 1. The van der Waals surface area contributed by atoms with Crippen LogP contribution in [-0.4, -0.2) is 17.9 Å². The van der Waals surface area contributed by atoms with Gasteiger partial charge in [-0.2, -0.15) is 0 Å². The van der Waals surface area contributed by atoms with Crippen LogP contribution in [0.25, 0.3) is 0 Å². The fourth-order valence-corrected chi connectivity index (χ4v) is 1.93. The summed E-state index contributed by atoms with van der Waals surface area (Å²) >= 11 is 2.92. The van der Waals surface area contributed by atoms with Crippen LogP contribution in [0.1, 0.15) is 15.9 Å². The van der Waals surface area contributed by atoms with Crippen LogP contribution in [0.5, 0.6) is 5.88 Å². The summed E-state index contributed by atoms with van der Waals surface area (Å²) in [4.78, 5) is 16.0. The van der Waals surface area contributed by atoms with Crippen molar-refractivity contribution in [2.24, 2.45) is 0 Å². The van der Waals surface area contributed by atoms with Crippen molar-refractivity contribution in [3.8, 4) is 5.88 Å². The molecule has 0 atom stereocenters. The summed E-state index contributed by atoms with van der Waals surface area (Å²) in [7, 11) is 1.33. The number of hydrogen-bond donors (Lipinski definition) is 0. The Hall–Kier alpha value is -1.82. The molecular weight excluding hydrogens is 320 g/mol. The van der Waals surface area contributed by atoms with Crippen LogP contribution < -0.4 is 4.74 Å². The molecule has 0 saturated carbocycles.